The average Bonchev–Trinajstić information content (AvgIpc) is 3.14. The molecule has 0 radical (unpaired) electrons. The number of anilines is 1. The van der Waals surface area contributed by atoms with E-state index in [9.17, 15) is 4.79 Å². The maximum Gasteiger partial charge on any atom is 0.239 e. The molecule has 7 heteroatoms. The van der Waals surface area contributed by atoms with Gasteiger partial charge in [0.15, 0.2) is 0 Å². The molecule has 0 aliphatic carbocycles. The molecule has 4 rings (SSSR count). The lowest BCUT2D eigenvalue weighted by Gasteiger charge is -2.33. The number of hydrogen-bond donors (Lipinski definition) is 1. The van der Waals surface area contributed by atoms with Gasteiger partial charge in [-0.15, -0.1) is 0 Å². The highest BCUT2D eigenvalue weighted by Crippen LogP contribution is 2.25. The Hall–Kier alpha value is -2.77. The van der Waals surface area contributed by atoms with Gasteiger partial charge in [0.25, 0.3) is 0 Å². The van der Waals surface area contributed by atoms with Gasteiger partial charge in [0.05, 0.1) is 24.8 Å². The van der Waals surface area contributed by atoms with Crippen molar-refractivity contribution in [2.45, 2.75) is 6.92 Å². The summed E-state index contributed by atoms with van der Waals surface area (Å²) in [5, 5.41) is 5.03. The Morgan fingerprint density at radius 3 is 2.57 bits per heavy atom. The minimum Gasteiger partial charge on any atom is -0.334 e. The number of nitrogens with zero attached hydrogens (tertiary/aromatic N) is 5. The molecule has 1 N–H and O–H groups in total. The second-order valence-electron chi connectivity index (χ2n) is 7.28. The predicted octanol–water partition coefficient (Wildman–Crippen LogP) is 2.21. The number of carbonyl (C=O) groups excluding carboxylic acids is 1. The first-order chi connectivity index (χ1) is 13.6. The fourth-order valence-corrected chi connectivity index (χ4v) is 3.65. The number of hydrogen-bond acceptors (Lipinski definition) is 5. The van der Waals surface area contributed by atoms with Gasteiger partial charge < -0.3 is 14.8 Å². The Labute approximate surface area is 165 Å². The second-order valence-corrected chi connectivity index (χ2v) is 7.28. The van der Waals surface area contributed by atoms with E-state index in [1.807, 2.05) is 29.9 Å². The number of aryl methyl sites for hydroxylation is 1. The van der Waals surface area contributed by atoms with Gasteiger partial charge in [-0.2, -0.15) is 0 Å². The molecule has 28 heavy (non-hydrogen) atoms. The molecule has 1 aliphatic heterocycles. The molecular formula is C21H26N6O. The molecule has 3 heterocycles. The summed E-state index contributed by atoms with van der Waals surface area (Å²) < 4.78 is 1.99. The molecule has 1 saturated heterocycles. The molecule has 0 spiro atoms. The van der Waals surface area contributed by atoms with Crippen molar-refractivity contribution in [2.75, 3.05) is 44.6 Å². The normalized spacial score (nSPS) is 15.8. The maximum atomic E-state index is 12.4. The van der Waals surface area contributed by atoms with Crippen LogP contribution in [0.25, 0.3) is 22.0 Å². The fourth-order valence-electron chi connectivity index (χ4n) is 3.65. The van der Waals surface area contributed by atoms with Crippen LogP contribution in [0.15, 0.2) is 43.0 Å². The van der Waals surface area contributed by atoms with E-state index in [0.717, 1.165) is 54.8 Å². The van der Waals surface area contributed by atoms with E-state index in [2.05, 4.69) is 44.1 Å². The Morgan fingerprint density at radius 2 is 1.86 bits per heavy atom. The number of benzene rings is 1. The van der Waals surface area contributed by atoms with Crippen molar-refractivity contribution in [3.8, 4) is 11.3 Å². The van der Waals surface area contributed by atoms with E-state index >= 15 is 0 Å². The SMILES string of the molecule is CCN1CCN(CC(=O)Nc2cc3cc(-c4cncn4C)ccc3cn2)CC1. The highest BCUT2D eigenvalue weighted by atomic mass is 16.2. The van der Waals surface area contributed by atoms with Crippen molar-refractivity contribution in [2.24, 2.45) is 7.05 Å². The van der Waals surface area contributed by atoms with Gasteiger partial charge in [-0.25, -0.2) is 9.97 Å². The van der Waals surface area contributed by atoms with Gasteiger partial charge in [0.2, 0.25) is 5.91 Å². The first kappa shape index (κ1) is 18.6. The van der Waals surface area contributed by atoms with Crippen molar-refractivity contribution >= 4 is 22.5 Å². The maximum absolute atomic E-state index is 12.4. The molecule has 2 aromatic heterocycles. The van der Waals surface area contributed by atoms with Crippen LogP contribution in [0.2, 0.25) is 0 Å². The number of imidazole rings is 1. The summed E-state index contributed by atoms with van der Waals surface area (Å²) >= 11 is 0. The topological polar surface area (TPSA) is 66.3 Å². The minimum atomic E-state index is -0.0143. The standard InChI is InChI=1S/C21H26N6O/c1-3-26-6-8-27(9-7-26)14-21(28)24-20-11-18-10-16(4-5-17(18)12-23-20)19-13-22-15-25(19)2/h4-5,10-13,15H,3,6-9,14H2,1-2H3,(H,23,24,28). The van der Waals surface area contributed by atoms with E-state index < -0.39 is 0 Å². The summed E-state index contributed by atoms with van der Waals surface area (Å²) in [4.78, 5) is 25.6. The van der Waals surface area contributed by atoms with Crippen LogP contribution in [0.1, 0.15) is 6.92 Å². The lowest BCUT2D eigenvalue weighted by Crippen LogP contribution is -2.48. The van der Waals surface area contributed by atoms with Crippen molar-refractivity contribution in [3.05, 3.63) is 43.0 Å². The third-order valence-corrected chi connectivity index (χ3v) is 5.38. The van der Waals surface area contributed by atoms with Crippen molar-refractivity contribution in [1.29, 1.82) is 0 Å². The number of fused-ring (bicyclic) bond motifs is 1. The summed E-state index contributed by atoms with van der Waals surface area (Å²) in [7, 11) is 1.98. The van der Waals surface area contributed by atoms with Crippen LogP contribution < -0.4 is 5.32 Å². The van der Waals surface area contributed by atoms with Crippen molar-refractivity contribution < 1.29 is 4.79 Å². The van der Waals surface area contributed by atoms with Crippen LogP contribution in [-0.4, -0.2) is 69.5 Å². The van der Waals surface area contributed by atoms with Gasteiger partial charge in [-0.1, -0.05) is 19.1 Å². The summed E-state index contributed by atoms with van der Waals surface area (Å²) in [6.07, 6.45) is 5.44. The lowest BCUT2D eigenvalue weighted by atomic mass is 10.1. The molecule has 0 unspecified atom stereocenters. The summed E-state index contributed by atoms with van der Waals surface area (Å²) in [5.74, 6) is 0.575. The van der Waals surface area contributed by atoms with Crippen LogP contribution in [0.5, 0.6) is 0 Å². The highest BCUT2D eigenvalue weighted by molar-refractivity contribution is 5.94. The zero-order valence-corrected chi connectivity index (χ0v) is 16.4. The Balaban J connectivity index is 1.45. The van der Waals surface area contributed by atoms with Crippen LogP contribution in [0.4, 0.5) is 5.82 Å². The van der Waals surface area contributed by atoms with E-state index in [1.54, 1.807) is 12.5 Å². The molecule has 1 fully saturated rings. The highest BCUT2D eigenvalue weighted by Gasteiger charge is 2.18. The van der Waals surface area contributed by atoms with Gasteiger partial charge >= 0.3 is 0 Å². The number of pyridine rings is 1. The van der Waals surface area contributed by atoms with Crippen LogP contribution >= 0.6 is 0 Å². The molecule has 0 saturated carbocycles. The van der Waals surface area contributed by atoms with Crippen LogP contribution in [0.3, 0.4) is 0 Å². The average molecular weight is 378 g/mol. The van der Waals surface area contributed by atoms with Crippen molar-refractivity contribution in [3.63, 3.8) is 0 Å². The smallest absolute Gasteiger partial charge is 0.239 e. The molecule has 3 aromatic rings. The lowest BCUT2D eigenvalue weighted by molar-refractivity contribution is -0.117. The first-order valence-electron chi connectivity index (χ1n) is 9.73. The number of nitrogens with one attached hydrogen (secondary N) is 1. The van der Waals surface area contributed by atoms with Crippen molar-refractivity contribution in [1.82, 2.24) is 24.3 Å². The third-order valence-electron chi connectivity index (χ3n) is 5.38. The summed E-state index contributed by atoms with van der Waals surface area (Å²) in [6, 6.07) is 8.15. The second kappa shape index (κ2) is 8.08. The number of carbonyl (C=O) groups is 1. The molecule has 1 amide bonds. The Kier molecular flexibility index (Phi) is 5.36. The molecule has 7 nitrogen and oxygen atoms in total. The van der Waals surface area contributed by atoms with Gasteiger partial charge in [-0.3, -0.25) is 9.69 Å². The van der Waals surface area contributed by atoms with E-state index in [-0.39, 0.29) is 5.91 Å². The largest absolute Gasteiger partial charge is 0.334 e. The van der Waals surface area contributed by atoms with E-state index in [4.69, 9.17) is 0 Å². The van der Waals surface area contributed by atoms with Gasteiger partial charge in [-0.05, 0) is 24.1 Å². The van der Waals surface area contributed by atoms with Gasteiger partial charge in [0.1, 0.15) is 5.82 Å². The molecular weight excluding hydrogens is 352 g/mol. The Morgan fingerprint density at radius 1 is 1.07 bits per heavy atom. The van der Waals surface area contributed by atoms with E-state index in [1.165, 1.54) is 0 Å². The number of aromatic nitrogens is 3. The zero-order valence-electron chi connectivity index (χ0n) is 16.4. The zero-order chi connectivity index (χ0) is 19.5. The molecule has 146 valence electrons. The van der Waals surface area contributed by atoms with Crippen LogP contribution in [-0.2, 0) is 11.8 Å². The van der Waals surface area contributed by atoms with Gasteiger partial charge in [0, 0.05) is 50.4 Å². The molecule has 1 aliphatic rings. The summed E-state index contributed by atoms with van der Waals surface area (Å²) in [6.45, 7) is 7.56. The Bertz CT molecular complexity index is 974. The molecule has 1 aromatic carbocycles. The minimum absolute atomic E-state index is 0.0143. The third kappa shape index (κ3) is 4.05. The number of amides is 1. The van der Waals surface area contributed by atoms with Crippen LogP contribution in [0, 0.1) is 0 Å². The quantitative estimate of drug-likeness (QED) is 0.737. The molecule has 0 atom stereocenters. The fraction of sp³-hybridized carbons (Fsp3) is 0.381. The monoisotopic (exact) mass is 378 g/mol. The predicted molar refractivity (Wildman–Crippen MR) is 111 cm³/mol. The first-order valence-corrected chi connectivity index (χ1v) is 9.73. The van der Waals surface area contributed by atoms with E-state index in [0.29, 0.717) is 12.4 Å². The number of piperazine rings is 1. The molecule has 0 bridgehead atoms. The number of rotatable bonds is 5. The number of likely N-dealkylation sites (N-methyl/N-ethyl adjacent to an activating group) is 1. The summed E-state index contributed by atoms with van der Waals surface area (Å²) in [5.41, 5.74) is 2.14.